The summed E-state index contributed by atoms with van der Waals surface area (Å²) in [7, 11) is 1.90. The van der Waals surface area contributed by atoms with Gasteiger partial charge in [0.15, 0.2) is 11.8 Å². The van der Waals surface area contributed by atoms with E-state index in [1.807, 2.05) is 23.9 Å². The first-order valence-corrected chi connectivity index (χ1v) is 7.44. The fourth-order valence-corrected chi connectivity index (χ4v) is 2.85. The van der Waals surface area contributed by atoms with Crippen LogP contribution in [-0.4, -0.2) is 36.0 Å². The Bertz CT molecular complexity index is 1140. The second-order valence-corrected chi connectivity index (χ2v) is 5.52. The molecule has 4 N–H and O–H groups in total. The molecule has 4 rings (SSSR count). The van der Waals surface area contributed by atoms with Crippen LogP contribution in [0.15, 0.2) is 43.1 Å². The molecular formula is C16H14N8O. The fourth-order valence-electron chi connectivity index (χ4n) is 2.85. The quantitative estimate of drug-likeness (QED) is 0.371. The van der Waals surface area contributed by atoms with Crippen molar-refractivity contribution in [2.75, 3.05) is 0 Å². The lowest BCUT2D eigenvalue weighted by Gasteiger charge is -2.05. The molecule has 0 saturated heterocycles. The van der Waals surface area contributed by atoms with Gasteiger partial charge in [-0.15, -0.1) is 0 Å². The van der Waals surface area contributed by atoms with E-state index in [1.165, 1.54) is 6.33 Å². The molecule has 4 heterocycles. The molecule has 0 saturated carbocycles. The molecule has 4 aromatic heterocycles. The van der Waals surface area contributed by atoms with Crippen molar-refractivity contribution in [1.82, 2.24) is 29.4 Å². The first kappa shape index (κ1) is 14.8. The second-order valence-electron chi connectivity index (χ2n) is 5.52. The van der Waals surface area contributed by atoms with Crippen LogP contribution in [0.2, 0.25) is 0 Å². The molecule has 25 heavy (non-hydrogen) atoms. The fraction of sp³-hybridized carbons (Fsp3) is 0.0625. The molecular weight excluding hydrogens is 320 g/mol. The third-order valence-electron chi connectivity index (χ3n) is 3.92. The van der Waals surface area contributed by atoms with Crippen LogP contribution in [0.25, 0.3) is 27.9 Å². The van der Waals surface area contributed by atoms with Gasteiger partial charge in [0.25, 0.3) is 5.91 Å². The lowest BCUT2D eigenvalue weighted by Crippen LogP contribution is -2.35. The first-order valence-electron chi connectivity index (χ1n) is 7.44. The van der Waals surface area contributed by atoms with Gasteiger partial charge in [0.05, 0.1) is 10.9 Å². The van der Waals surface area contributed by atoms with Crippen LogP contribution < -0.4 is 11.1 Å². The third kappa shape index (κ3) is 2.29. The molecule has 0 atom stereocenters. The van der Waals surface area contributed by atoms with Crippen molar-refractivity contribution < 1.29 is 4.79 Å². The summed E-state index contributed by atoms with van der Waals surface area (Å²) in [5, 5.41) is 11.0. The molecule has 0 spiro atoms. The Morgan fingerprint density at radius 2 is 2.04 bits per heavy atom. The van der Waals surface area contributed by atoms with Crippen LogP contribution in [0, 0.1) is 5.41 Å². The van der Waals surface area contributed by atoms with Gasteiger partial charge in [-0.1, -0.05) is 0 Å². The standard InChI is InChI=1S/C16H14N8O/c1-23-6-4-10-12(23)20-8-21-14(10)24-7-11(15(25)22-16(17)18)9-3-2-5-19-13(9)24/h2-8H,1H3,(H4,17,18,22,25). The number of rotatable bonds is 2. The summed E-state index contributed by atoms with van der Waals surface area (Å²) in [6.45, 7) is 0. The Morgan fingerprint density at radius 1 is 1.20 bits per heavy atom. The Hall–Kier alpha value is -3.75. The predicted octanol–water partition coefficient (Wildman–Crippen LogP) is 0.930. The van der Waals surface area contributed by atoms with Crippen molar-refractivity contribution in [1.29, 1.82) is 5.41 Å². The van der Waals surface area contributed by atoms with Crippen LogP contribution in [-0.2, 0) is 7.05 Å². The average molecular weight is 334 g/mol. The van der Waals surface area contributed by atoms with E-state index < -0.39 is 11.9 Å². The topological polar surface area (TPSA) is 128 Å². The van der Waals surface area contributed by atoms with Crippen LogP contribution >= 0.6 is 0 Å². The monoisotopic (exact) mass is 334 g/mol. The number of carbonyl (C=O) groups is 1. The molecule has 124 valence electrons. The number of aryl methyl sites for hydroxylation is 1. The maximum atomic E-state index is 12.4. The molecule has 0 unspecified atom stereocenters. The normalized spacial score (nSPS) is 11.1. The molecule has 0 bridgehead atoms. The Kier molecular flexibility index (Phi) is 3.21. The smallest absolute Gasteiger partial charge is 0.260 e. The predicted molar refractivity (Wildman–Crippen MR) is 92.5 cm³/mol. The highest BCUT2D eigenvalue weighted by molar-refractivity contribution is 6.12. The zero-order valence-electron chi connectivity index (χ0n) is 13.3. The van der Waals surface area contributed by atoms with Crippen molar-refractivity contribution >= 4 is 33.9 Å². The largest absolute Gasteiger partial charge is 0.370 e. The number of aromatic nitrogens is 5. The van der Waals surface area contributed by atoms with Crippen molar-refractivity contribution in [2.24, 2.45) is 12.8 Å². The highest BCUT2D eigenvalue weighted by atomic mass is 16.1. The molecule has 0 aromatic carbocycles. The maximum absolute atomic E-state index is 12.4. The molecule has 9 heteroatoms. The van der Waals surface area contributed by atoms with E-state index >= 15 is 0 Å². The van der Waals surface area contributed by atoms with E-state index in [1.54, 1.807) is 29.1 Å². The van der Waals surface area contributed by atoms with Gasteiger partial charge in [-0.2, -0.15) is 0 Å². The second kappa shape index (κ2) is 5.41. The Morgan fingerprint density at radius 3 is 2.84 bits per heavy atom. The molecule has 0 aliphatic heterocycles. The van der Waals surface area contributed by atoms with Crippen LogP contribution in [0.3, 0.4) is 0 Å². The van der Waals surface area contributed by atoms with Crippen molar-refractivity contribution in [3.63, 3.8) is 0 Å². The number of fused-ring (bicyclic) bond motifs is 2. The summed E-state index contributed by atoms with van der Waals surface area (Å²) in [5.41, 5.74) is 7.00. The Balaban J connectivity index is 1.99. The lowest BCUT2D eigenvalue weighted by atomic mass is 10.2. The molecule has 0 fully saturated rings. The molecule has 1 amide bonds. The first-order chi connectivity index (χ1) is 12.1. The van der Waals surface area contributed by atoms with E-state index in [2.05, 4.69) is 20.3 Å². The summed E-state index contributed by atoms with van der Waals surface area (Å²) in [4.78, 5) is 25.4. The van der Waals surface area contributed by atoms with Crippen LogP contribution in [0.4, 0.5) is 0 Å². The van der Waals surface area contributed by atoms with E-state index in [0.717, 1.165) is 11.0 Å². The van der Waals surface area contributed by atoms with E-state index in [4.69, 9.17) is 11.1 Å². The van der Waals surface area contributed by atoms with Crippen molar-refractivity contribution in [2.45, 2.75) is 0 Å². The van der Waals surface area contributed by atoms with E-state index in [-0.39, 0.29) is 0 Å². The maximum Gasteiger partial charge on any atom is 0.260 e. The van der Waals surface area contributed by atoms with Crippen LogP contribution in [0.1, 0.15) is 10.4 Å². The van der Waals surface area contributed by atoms with Gasteiger partial charge >= 0.3 is 0 Å². The van der Waals surface area contributed by atoms with Gasteiger partial charge in [-0.3, -0.25) is 20.1 Å². The summed E-state index contributed by atoms with van der Waals surface area (Å²) in [5.74, 6) is -0.263. The molecule has 0 aliphatic rings. The van der Waals surface area contributed by atoms with E-state index in [9.17, 15) is 4.79 Å². The lowest BCUT2D eigenvalue weighted by molar-refractivity contribution is 0.0978. The minimum atomic E-state index is -0.470. The van der Waals surface area contributed by atoms with Gasteiger partial charge in [0, 0.05) is 31.0 Å². The van der Waals surface area contributed by atoms with Crippen LogP contribution in [0.5, 0.6) is 0 Å². The zero-order valence-corrected chi connectivity index (χ0v) is 13.3. The highest BCUT2D eigenvalue weighted by Gasteiger charge is 2.19. The average Bonchev–Trinajstić information content (AvgIpc) is 3.16. The molecule has 0 radical (unpaired) electrons. The number of nitrogens with two attached hydrogens (primary N) is 1. The number of nitrogens with one attached hydrogen (secondary N) is 2. The van der Waals surface area contributed by atoms with Gasteiger partial charge in [0.2, 0.25) is 0 Å². The minimum Gasteiger partial charge on any atom is -0.370 e. The summed E-state index contributed by atoms with van der Waals surface area (Å²) < 4.78 is 3.64. The minimum absolute atomic E-state index is 0.362. The number of amides is 1. The number of hydrogen-bond acceptors (Lipinski definition) is 5. The van der Waals surface area contributed by atoms with Gasteiger partial charge < -0.3 is 10.3 Å². The van der Waals surface area contributed by atoms with Crippen molar-refractivity contribution in [3.8, 4) is 5.82 Å². The highest BCUT2D eigenvalue weighted by Crippen LogP contribution is 2.26. The van der Waals surface area contributed by atoms with Gasteiger partial charge in [0.1, 0.15) is 17.6 Å². The molecule has 0 aliphatic carbocycles. The molecule has 9 nitrogen and oxygen atoms in total. The van der Waals surface area contributed by atoms with E-state index in [0.29, 0.717) is 22.4 Å². The number of guanidine groups is 1. The number of hydrogen-bond donors (Lipinski definition) is 3. The number of nitrogens with zero attached hydrogens (tertiary/aromatic N) is 5. The third-order valence-corrected chi connectivity index (χ3v) is 3.92. The summed E-state index contributed by atoms with van der Waals surface area (Å²) in [6.07, 6.45) is 6.66. The summed E-state index contributed by atoms with van der Waals surface area (Å²) >= 11 is 0. The summed E-state index contributed by atoms with van der Waals surface area (Å²) in [6, 6.07) is 5.45. The Labute approximate surface area is 141 Å². The number of carbonyl (C=O) groups excluding carboxylic acids is 1. The zero-order chi connectivity index (χ0) is 17.6. The van der Waals surface area contributed by atoms with Gasteiger partial charge in [-0.05, 0) is 18.2 Å². The number of pyridine rings is 1. The van der Waals surface area contributed by atoms with Gasteiger partial charge in [-0.25, -0.2) is 15.0 Å². The SMILES string of the molecule is Cn1ccc2c(-n3cc(C(=O)NC(=N)N)c4cccnc43)ncnc21. The van der Waals surface area contributed by atoms with Crippen molar-refractivity contribution in [3.05, 3.63) is 48.7 Å². The molecule has 4 aromatic rings.